The molecule has 3 amide bonds. The molecule has 0 heterocycles. The summed E-state index contributed by atoms with van der Waals surface area (Å²) in [6, 6.07) is 2.54. The normalized spacial score (nSPS) is 11.1. The lowest BCUT2D eigenvalue weighted by Gasteiger charge is -2.15. The lowest BCUT2D eigenvalue weighted by molar-refractivity contribution is -0.153. The molecular formula is C16H22N2O7. The highest BCUT2D eigenvalue weighted by Gasteiger charge is 2.21. The molecule has 0 saturated carbocycles. The van der Waals surface area contributed by atoms with Crippen LogP contribution in [0, 0.1) is 0 Å². The van der Waals surface area contributed by atoms with Crippen LogP contribution in [0.3, 0.4) is 0 Å². The van der Waals surface area contributed by atoms with E-state index in [1.807, 2.05) is 5.32 Å². The van der Waals surface area contributed by atoms with Crippen LogP contribution in [-0.2, 0) is 20.7 Å². The van der Waals surface area contributed by atoms with Crippen molar-refractivity contribution in [3.63, 3.8) is 0 Å². The van der Waals surface area contributed by atoms with Crippen molar-refractivity contribution in [1.82, 2.24) is 10.6 Å². The van der Waals surface area contributed by atoms with Crippen LogP contribution >= 0.6 is 0 Å². The highest BCUT2D eigenvalue weighted by Crippen LogP contribution is 2.38. The summed E-state index contributed by atoms with van der Waals surface area (Å²) < 4.78 is 20.6. The first-order chi connectivity index (χ1) is 11.9. The monoisotopic (exact) mass is 354 g/mol. The number of imide groups is 1. The van der Waals surface area contributed by atoms with Crippen LogP contribution < -0.4 is 24.8 Å². The van der Waals surface area contributed by atoms with Crippen molar-refractivity contribution in [2.75, 3.05) is 28.4 Å². The van der Waals surface area contributed by atoms with Gasteiger partial charge in [-0.1, -0.05) is 0 Å². The molecule has 0 aliphatic carbocycles. The first-order valence-electron chi connectivity index (χ1n) is 7.37. The van der Waals surface area contributed by atoms with Gasteiger partial charge in [0.1, 0.15) is 0 Å². The molecule has 0 aromatic heterocycles. The molecule has 0 bridgehead atoms. The number of methoxy groups -OCH3 is 3. The minimum absolute atomic E-state index is 0.117. The van der Waals surface area contributed by atoms with Crippen LogP contribution in [-0.4, -0.2) is 52.4 Å². The molecule has 25 heavy (non-hydrogen) atoms. The fraction of sp³-hybridized carbons (Fsp3) is 0.438. The maximum absolute atomic E-state index is 12.0. The van der Waals surface area contributed by atoms with Gasteiger partial charge >= 0.3 is 12.0 Å². The Morgan fingerprint density at radius 1 is 1.04 bits per heavy atom. The molecule has 0 aliphatic rings. The maximum Gasteiger partial charge on any atom is 0.321 e. The van der Waals surface area contributed by atoms with Gasteiger partial charge in [-0.05, 0) is 24.6 Å². The van der Waals surface area contributed by atoms with Crippen molar-refractivity contribution < 1.29 is 33.3 Å². The van der Waals surface area contributed by atoms with Gasteiger partial charge in [-0.15, -0.1) is 0 Å². The zero-order valence-electron chi connectivity index (χ0n) is 14.8. The van der Waals surface area contributed by atoms with E-state index in [0.717, 1.165) is 0 Å². The SMILES string of the molecule is CNC(=O)NC(=O)[C@@H](C)OC(=O)Cc1cc(OC)c(OC)c(OC)c1. The smallest absolute Gasteiger partial charge is 0.321 e. The van der Waals surface area contributed by atoms with Crippen LogP contribution in [0.1, 0.15) is 12.5 Å². The lowest BCUT2D eigenvalue weighted by Crippen LogP contribution is -2.43. The van der Waals surface area contributed by atoms with Crippen LogP contribution in [0.5, 0.6) is 17.2 Å². The third kappa shape index (κ3) is 5.55. The number of amides is 3. The molecule has 0 spiro atoms. The molecular weight excluding hydrogens is 332 g/mol. The predicted molar refractivity (Wildman–Crippen MR) is 88.0 cm³/mol. The second kappa shape index (κ2) is 9.36. The predicted octanol–water partition coefficient (Wildman–Crippen LogP) is 0.642. The van der Waals surface area contributed by atoms with Gasteiger partial charge in [0.15, 0.2) is 17.6 Å². The molecule has 0 saturated heterocycles. The van der Waals surface area contributed by atoms with E-state index in [1.54, 1.807) is 12.1 Å². The van der Waals surface area contributed by atoms with Crippen LogP contribution in [0.2, 0.25) is 0 Å². The van der Waals surface area contributed by atoms with E-state index in [0.29, 0.717) is 22.8 Å². The fourth-order valence-corrected chi connectivity index (χ4v) is 1.97. The summed E-state index contributed by atoms with van der Waals surface area (Å²) in [5, 5.41) is 4.26. The van der Waals surface area contributed by atoms with E-state index in [4.69, 9.17) is 18.9 Å². The minimum Gasteiger partial charge on any atom is -0.493 e. The number of urea groups is 1. The fourth-order valence-electron chi connectivity index (χ4n) is 1.97. The number of hydrogen-bond donors (Lipinski definition) is 2. The van der Waals surface area contributed by atoms with E-state index in [-0.39, 0.29) is 6.42 Å². The number of carbonyl (C=O) groups excluding carboxylic acids is 3. The second-order valence-corrected chi connectivity index (χ2v) is 4.91. The largest absolute Gasteiger partial charge is 0.493 e. The number of esters is 1. The number of ether oxygens (including phenoxy) is 4. The second-order valence-electron chi connectivity index (χ2n) is 4.91. The van der Waals surface area contributed by atoms with Gasteiger partial charge < -0.3 is 24.3 Å². The molecule has 1 aromatic rings. The first kappa shape index (κ1) is 20.1. The van der Waals surface area contributed by atoms with E-state index >= 15 is 0 Å². The molecule has 9 nitrogen and oxygen atoms in total. The zero-order chi connectivity index (χ0) is 19.0. The average Bonchev–Trinajstić information content (AvgIpc) is 2.60. The van der Waals surface area contributed by atoms with Crippen molar-refractivity contribution in [3.8, 4) is 17.2 Å². The van der Waals surface area contributed by atoms with E-state index in [1.165, 1.54) is 35.3 Å². The van der Waals surface area contributed by atoms with Crippen molar-refractivity contribution >= 4 is 17.9 Å². The van der Waals surface area contributed by atoms with Gasteiger partial charge in [-0.3, -0.25) is 14.9 Å². The Hall–Kier alpha value is -2.97. The molecule has 0 unspecified atom stereocenters. The number of hydrogen-bond acceptors (Lipinski definition) is 7. The molecule has 9 heteroatoms. The van der Waals surface area contributed by atoms with Gasteiger partial charge in [0.05, 0.1) is 27.8 Å². The molecule has 138 valence electrons. The lowest BCUT2D eigenvalue weighted by atomic mass is 10.1. The Morgan fingerprint density at radius 2 is 1.60 bits per heavy atom. The van der Waals surface area contributed by atoms with Crippen molar-refractivity contribution in [3.05, 3.63) is 17.7 Å². The topological polar surface area (TPSA) is 112 Å². The van der Waals surface area contributed by atoms with E-state index in [2.05, 4.69) is 5.32 Å². The highest BCUT2D eigenvalue weighted by atomic mass is 16.5. The van der Waals surface area contributed by atoms with Crippen LogP contribution in [0.25, 0.3) is 0 Å². The minimum atomic E-state index is -1.12. The standard InChI is InChI=1S/C16H22N2O7/c1-9(15(20)18-16(21)17-2)25-13(19)8-10-6-11(22-3)14(24-5)12(7-10)23-4/h6-7,9H,8H2,1-5H3,(H2,17,18,20,21)/t9-/m1/s1. The Balaban J connectivity index is 2.80. The van der Waals surface area contributed by atoms with Gasteiger partial charge in [-0.2, -0.15) is 0 Å². The van der Waals surface area contributed by atoms with Gasteiger partial charge in [0.25, 0.3) is 5.91 Å². The molecule has 2 N–H and O–H groups in total. The summed E-state index contributed by atoms with van der Waals surface area (Å²) in [7, 11) is 5.76. The van der Waals surface area contributed by atoms with Crippen molar-refractivity contribution in [2.24, 2.45) is 0 Å². The van der Waals surface area contributed by atoms with Crippen LogP contribution in [0.15, 0.2) is 12.1 Å². The number of nitrogens with one attached hydrogen (secondary N) is 2. The quantitative estimate of drug-likeness (QED) is 0.691. The zero-order valence-corrected chi connectivity index (χ0v) is 14.8. The summed E-state index contributed by atoms with van der Waals surface area (Å²) in [4.78, 5) is 34.8. The summed E-state index contributed by atoms with van der Waals surface area (Å²) in [6.07, 6.45) is -1.24. The van der Waals surface area contributed by atoms with E-state index in [9.17, 15) is 14.4 Å². The average molecular weight is 354 g/mol. The number of benzene rings is 1. The Bertz CT molecular complexity index is 620. The molecule has 0 aliphatic heterocycles. The molecule has 0 radical (unpaired) electrons. The Kier molecular flexibility index (Phi) is 7.51. The third-order valence-corrected chi connectivity index (χ3v) is 3.21. The highest BCUT2D eigenvalue weighted by molar-refractivity contribution is 5.97. The molecule has 1 atom stereocenters. The Morgan fingerprint density at radius 3 is 2.04 bits per heavy atom. The summed E-state index contributed by atoms with van der Waals surface area (Å²) in [6.45, 7) is 1.37. The van der Waals surface area contributed by atoms with Crippen LogP contribution in [0.4, 0.5) is 4.79 Å². The number of carbonyl (C=O) groups is 3. The van der Waals surface area contributed by atoms with E-state index < -0.39 is 24.0 Å². The van der Waals surface area contributed by atoms with Crippen molar-refractivity contribution in [1.29, 1.82) is 0 Å². The van der Waals surface area contributed by atoms with Crippen molar-refractivity contribution in [2.45, 2.75) is 19.4 Å². The maximum atomic E-state index is 12.0. The molecule has 0 fully saturated rings. The Labute approximate surface area is 145 Å². The van der Waals surface area contributed by atoms with Gasteiger partial charge in [-0.25, -0.2) is 4.79 Å². The first-order valence-corrected chi connectivity index (χ1v) is 7.37. The summed E-state index contributed by atoms with van der Waals surface area (Å²) >= 11 is 0. The van der Waals surface area contributed by atoms with Gasteiger partial charge in [0.2, 0.25) is 5.75 Å². The molecule has 1 rings (SSSR count). The summed E-state index contributed by atoms with van der Waals surface area (Å²) in [5.74, 6) is -0.169. The number of rotatable bonds is 7. The summed E-state index contributed by atoms with van der Waals surface area (Å²) in [5.41, 5.74) is 0.554. The van der Waals surface area contributed by atoms with Gasteiger partial charge in [0, 0.05) is 7.05 Å². The third-order valence-electron chi connectivity index (χ3n) is 3.21. The molecule has 1 aromatic carbocycles.